The number of hydrogen-bond donors (Lipinski definition) is 2. The number of hydrogen-bond acceptors (Lipinski definition) is 3. The van der Waals surface area contributed by atoms with Gasteiger partial charge in [-0.1, -0.05) is 0 Å². The molecule has 0 radical (unpaired) electrons. The third-order valence-electron chi connectivity index (χ3n) is 1.61. The molecule has 0 saturated carbocycles. The molecule has 0 aliphatic heterocycles. The van der Waals surface area contributed by atoms with Crippen LogP contribution in [0.3, 0.4) is 0 Å². The number of aromatic nitrogens is 2. The number of rotatable bonds is 1. The number of alkyl halides is 3. The minimum atomic E-state index is -4.74. The van der Waals surface area contributed by atoms with Gasteiger partial charge in [0.25, 0.3) is 5.91 Å². The van der Waals surface area contributed by atoms with Crippen LogP contribution in [0.25, 0.3) is 0 Å². The highest BCUT2D eigenvalue weighted by atomic mass is 19.4. The minimum absolute atomic E-state index is 0.398. The summed E-state index contributed by atoms with van der Waals surface area (Å²) in [5, 5.41) is 3.07. The van der Waals surface area contributed by atoms with Crippen LogP contribution in [0.1, 0.15) is 16.1 Å². The molecule has 1 amide bonds. The van der Waals surface area contributed by atoms with E-state index in [1.54, 1.807) is 0 Å². The fourth-order valence-corrected chi connectivity index (χ4v) is 0.978. The second kappa shape index (κ2) is 2.89. The van der Waals surface area contributed by atoms with Gasteiger partial charge in [-0.25, -0.2) is 0 Å². The zero-order valence-electron chi connectivity index (χ0n) is 7.09. The number of primary amides is 1. The Balaban J connectivity index is 3.45. The van der Waals surface area contributed by atoms with Crippen LogP contribution in [0, 0.1) is 0 Å². The molecule has 0 spiro atoms. The molecule has 4 N–H and O–H groups in total. The van der Waals surface area contributed by atoms with Gasteiger partial charge in [0, 0.05) is 7.05 Å². The van der Waals surface area contributed by atoms with Gasteiger partial charge in [-0.3, -0.25) is 9.48 Å². The van der Waals surface area contributed by atoms with Crippen molar-refractivity contribution in [2.45, 2.75) is 6.18 Å². The van der Waals surface area contributed by atoms with Crippen LogP contribution in [-0.2, 0) is 13.2 Å². The second-order valence-corrected chi connectivity index (χ2v) is 2.59. The van der Waals surface area contributed by atoms with Crippen molar-refractivity contribution >= 4 is 11.7 Å². The first-order valence-corrected chi connectivity index (χ1v) is 3.44. The molecule has 1 aromatic rings. The van der Waals surface area contributed by atoms with Crippen molar-refractivity contribution in [1.82, 2.24) is 9.78 Å². The number of nitrogen functional groups attached to an aromatic ring is 1. The van der Waals surface area contributed by atoms with Gasteiger partial charge in [0.1, 0.15) is 11.4 Å². The maximum absolute atomic E-state index is 12.3. The lowest BCUT2D eigenvalue weighted by Gasteiger charge is -2.02. The van der Waals surface area contributed by atoms with E-state index in [0.29, 0.717) is 0 Å². The van der Waals surface area contributed by atoms with Crippen LogP contribution in [0.2, 0.25) is 0 Å². The normalized spacial score (nSPS) is 11.7. The maximum atomic E-state index is 12.3. The van der Waals surface area contributed by atoms with E-state index in [4.69, 9.17) is 11.5 Å². The predicted octanol–water partition coefficient (Wildman–Crippen LogP) is 0.120. The molecule has 8 heteroatoms. The van der Waals surface area contributed by atoms with Crippen LogP contribution in [0.15, 0.2) is 0 Å². The monoisotopic (exact) mass is 208 g/mol. The van der Waals surface area contributed by atoms with Crippen LogP contribution >= 0.6 is 0 Å². The average molecular weight is 208 g/mol. The quantitative estimate of drug-likeness (QED) is 0.687. The Kier molecular flexibility index (Phi) is 2.14. The molecule has 0 atom stereocenters. The molecule has 1 heterocycles. The van der Waals surface area contributed by atoms with Gasteiger partial charge in [-0.2, -0.15) is 18.3 Å². The van der Waals surface area contributed by atoms with Gasteiger partial charge in [0.15, 0.2) is 5.69 Å². The summed E-state index contributed by atoms with van der Waals surface area (Å²) in [6.45, 7) is 0. The third kappa shape index (κ3) is 1.50. The SMILES string of the molecule is Cn1nc(C(F)(F)F)c(C(N)=O)c1N. The Morgan fingerprint density at radius 2 is 2.00 bits per heavy atom. The molecule has 14 heavy (non-hydrogen) atoms. The molecular formula is C6H7F3N4O. The molecule has 1 aromatic heterocycles. The van der Waals surface area contributed by atoms with E-state index < -0.39 is 29.2 Å². The lowest BCUT2D eigenvalue weighted by molar-refractivity contribution is -0.141. The van der Waals surface area contributed by atoms with E-state index in [1.165, 1.54) is 7.05 Å². The smallest absolute Gasteiger partial charge is 0.383 e. The number of carbonyl (C=O) groups is 1. The molecular weight excluding hydrogens is 201 g/mol. The first kappa shape index (κ1) is 10.4. The number of halogens is 3. The van der Waals surface area contributed by atoms with Crippen LogP contribution in [0.4, 0.5) is 19.0 Å². The second-order valence-electron chi connectivity index (χ2n) is 2.59. The summed E-state index contributed by atoms with van der Waals surface area (Å²) in [5.41, 5.74) is 7.81. The number of aryl methyl sites for hydroxylation is 1. The molecule has 5 nitrogen and oxygen atoms in total. The molecule has 1 rings (SSSR count). The summed E-state index contributed by atoms with van der Waals surface area (Å²) in [6, 6.07) is 0. The van der Waals surface area contributed by atoms with E-state index >= 15 is 0 Å². The van der Waals surface area contributed by atoms with Gasteiger partial charge < -0.3 is 11.5 Å². The molecule has 0 aromatic carbocycles. The van der Waals surface area contributed by atoms with Gasteiger partial charge in [0.2, 0.25) is 0 Å². The Morgan fingerprint density at radius 3 is 2.29 bits per heavy atom. The first-order chi connectivity index (χ1) is 6.25. The number of carbonyl (C=O) groups excluding carboxylic acids is 1. The molecule has 0 unspecified atom stereocenters. The highest BCUT2D eigenvalue weighted by Gasteiger charge is 2.40. The molecule has 0 aliphatic rings. The van der Waals surface area contributed by atoms with Crippen LogP contribution < -0.4 is 11.5 Å². The van der Waals surface area contributed by atoms with Gasteiger partial charge in [-0.15, -0.1) is 0 Å². The van der Waals surface area contributed by atoms with Gasteiger partial charge >= 0.3 is 6.18 Å². The number of nitrogens with zero attached hydrogens (tertiary/aromatic N) is 2. The maximum Gasteiger partial charge on any atom is 0.436 e. The summed E-state index contributed by atoms with van der Waals surface area (Å²) in [6.07, 6.45) is -4.74. The van der Waals surface area contributed by atoms with Gasteiger partial charge in [-0.05, 0) is 0 Å². The molecule has 0 aliphatic carbocycles. The van der Waals surface area contributed by atoms with Crippen molar-refractivity contribution in [3.8, 4) is 0 Å². The summed E-state index contributed by atoms with van der Waals surface area (Å²) in [4.78, 5) is 10.7. The van der Waals surface area contributed by atoms with E-state index in [9.17, 15) is 18.0 Å². The predicted molar refractivity (Wildman–Crippen MR) is 41.1 cm³/mol. The van der Waals surface area contributed by atoms with Crippen molar-refractivity contribution in [3.05, 3.63) is 11.3 Å². The highest BCUT2D eigenvalue weighted by Crippen LogP contribution is 2.32. The van der Waals surface area contributed by atoms with Crippen molar-refractivity contribution in [2.24, 2.45) is 12.8 Å². The molecule has 78 valence electrons. The van der Waals surface area contributed by atoms with E-state index in [2.05, 4.69) is 5.10 Å². The van der Waals surface area contributed by atoms with Crippen molar-refractivity contribution in [3.63, 3.8) is 0 Å². The zero-order chi connectivity index (χ0) is 11.1. The number of nitrogens with two attached hydrogens (primary N) is 2. The fraction of sp³-hybridized carbons (Fsp3) is 0.333. The van der Waals surface area contributed by atoms with Crippen LogP contribution in [0.5, 0.6) is 0 Å². The molecule has 0 fully saturated rings. The van der Waals surface area contributed by atoms with E-state index in [0.717, 1.165) is 4.68 Å². The first-order valence-electron chi connectivity index (χ1n) is 3.44. The Hall–Kier alpha value is -1.73. The standard InChI is InChI=1S/C6H7F3N4O/c1-13-4(10)2(5(11)14)3(12-13)6(7,8)9/h10H2,1H3,(H2,11,14). The fourth-order valence-electron chi connectivity index (χ4n) is 0.978. The van der Waals surface area contributed by atoms with E-state index in [-0.39, 0.29) is 0 Å². The third-order valence-corrected chi connectivity index (χ3v) is 1.61. The summed E-state index contributed by atoms with van der Waals surface area (Å²) in [7, 11) is 1.19. The molecule has 0 bridgehead atoms. The topological polar surface area (TPSA) is 86.9 Å². The largest absolute Gasteiger partial charge is 0.436 e. The average Bonchev–Trinajstić information content (AvgIpc) is 2.27. The summed E-state index contributed by atoms with van der Waals surface area (Å²) < 4.78 is 37.5. The Labute approximate surface area is 76.5 Å². The van der Waals surface area contributed by atoms with Crippen LogP contribution in [-0.4, -0.2) is 15.7 Å². The number of anilines is 1. The lowest BCUT2D eigenvalue weighted by Crippen LogP contribution is -2.18. The molecule has 0 saturated heterocycles. The lowest BCUT2D eigenvalue weighted by atomic mass is 10.2. The Bertz CT molecular complexity index is 381. The summed E-state index contributed by atoms with van der Waals surface area (Å²) >= 11 is 0. The minimum Gasteiger partial charge on any atom is -0.383 e. The van der Waals surface area contributed by atoms with Crippen molar-refractivity contribution in [2.75, 3.05) is 5.73 Å². The highest BCUT2D eigenvalue weighted by molar-refractivity contribution is 5.98. The van der Waals surface area contributed by atoms with E-state index in [1.807, 2.05) is 0 Å². The number of amides is 1. The van der Waals surface area contributed by atoms with Gasteiger partial charge in [0.05, 0.1) is 0 Å². The van der Waals surface area contributed by atoms with Crippen molar-refractivity contribution < 1.29 is 18.0 Å². The summed E-state index contributed by atoms with van der Waals surface area (Å²) in [5.74, 6) is -1.65. The Morgan fingerprint density at radius 1 is 1.50 bits per heavy atom. The van der Waals surface area contributed by atoms with Crippen molar-refractivity contribution in [1.29, 1.82) is 0 Å². The zero-order valence-corrected chi connectivity index (χ0v) is 7.09.